The van der Waals surface area contributed by atoms with Crippen molar-refractivity contribution in [1.82, 2.24) is 0 Å². The van der Waals surface area contributed by atoms with E-state index in [1.54, 1.807) is 0 Å². The second-order valence-electron chi connectivity index (χ2n) is 6.83. The summed E-state index contributed by atoms with van der Waals surface area (Å²) in [6.45, 7) is 9.19. The van der Waals surface area contributed by atoms with Crippen LogP contribution in [0, 0.1) is 17.8 Å². The predicted molar refractivity (Wildman–Crippen MR) is 83.0 cm³/mol. The van der Waals surface area contributed by atoms with Crippen molar-refractivity contribution < 1.29 is 0 Å². The van der Waals surface area contributed by atoms with Crippen molar-refractivity contribution in [3.05, 3.63) is 35.4 Å². The highest BCUT2D eigenvalue weighted by Gasteiger charge is 2.42. The molecular formula is C18H29N. The molecule has 0 radical (unpaired) electrons. The zero-order chi connectivity index (χ0) is 14.0. The van der Waals surface area contributed by atoms with Gasteiger partial charge in [-0.3, -0.25) is 0 Å². The minimum atomic E-state index is -0.127. The van der Waals surface area contributed by atoms with Crippen LogP contribution in [0.5, 0.6) is 0 Å². The van der Waals surface area contributed by atoms with Crippen LogP contribution in [0.4, 0.5) is 0 Å². The highest BCUT2D eigenvalue weighted by atomic mass is 14.8. The molecule has 1 heteroatoms. The van der Waals surface area contributed by atoms with Crippen LogP contribution in [0.3, 0.4) is 0 Å². The Labute approximate surface area is 118 Å². The first kappa shape index (κ1) is 14.6. The number of aryl methyl sites for hydroxylation is 1. The van der Waals surface area contributed by atoms with E-state index < -0.39 is 0 Å². The summed E-state index contributed by atoms with van der Waals surface area (Å²) in [6.07, 6.45) is 4.82. The van der Waals surface area contributed by atoms with Gasteiger partial charge in [0.1, 0.15) is 0 Å². The quantitative estimate of drug-likeness (QED) is 0.850. The maximum Gasteiger partial charge on any atom is 0.0443 e. The third-order valence-corrected chi connectivity index (χ3v) is 5.02. The van der Waals surface area contributed by atoms with Gasteiger partial charge in [0.25, 0.3) is 0 Å². The molecule has 106 valence electrons. The summed E-state index contributed by atoms with van der Waals surface area (Å²) in [5.74, 6) is 2.00. The largest absolute Gasteiger partial charge is 0.321 e. The van der Waals surface area contributed by atoms with E-state index in [2.05, 4.69) is 52.0 Å². The van der Waals surface area contributed by atoms with Crippen LogP contribution in [-0.4, -0.2) is 0 Å². The van der Waals surface area contributed by atoms with E-state index >= 15 is 0 Å². The summed E-state index contributed by atoms with van der Waals surface area (Å²) >= 11 is 0. The fourth-order valence-electron chi connectivity index (χ4n) is 3.86. The summed E-state index contributed by atoms with van der Waals surface area (Å²) in [5, 5.41) is 0. The van der Waals surface area contributed by atoms with Crippen molar-refractivity contribution in [2.24, 2.45) is 23.5 Å². The van der Waals surface area contributed by atoms with Crippen LogP contribution in [0.1, 0.15) is 58.1 Å². The number of rotatable bonds is 3. The Morgan fingerprint density at radius 1 is 1.21 bits per heavy atom. The van der Waals surface area contributed by atoms with Crippen LogP contribution in [0.15, 0.2) is 24.3 Å². The molecule has 1 aromatic rings. The van der Waals surface area contributed by atoms with Crippen LogP contribution >= 0.6 is 0 Å². The molecule has 1 fully saturated rings. The van der Waals surface area contributed by atoms with E-state index in [9.17, 15) is 0 Å². The molecule has 0 spiro atoms. The second kappa shape index (κ2) is 5.66. The molecule has 0 amide bonds. The summed E-state index contributed by atoms with van der Waals surface area (Å²) in [6, 6.07) is 9.04. The normalized spacial score (nSPS) is 31.7. The lowest BCUT2D eigenvalue weighted by Crippen LogP contribution is -2.50. The van der Waals surface area contributed by atoms with Crippen molar-refractivity contribution in [1.29, 1.82) is 0 Å². The molecule has 2 rings (SSSR count). The van der Waals surface area contributed by atoms with Gasteiger partial charge < -0.3 is 5.73 Å². The first-order valence-corrected chi connectivity index (χ1v) is 7.85. The van der Waals surface area contributed by atoms with E-state index in [1.165, 1.54) is 24.0 Å². The Morgan fingerprint density at radius 3 is 2.37 bits per heavy atom. The Balaban J connectivity index is 2.34. The summed E-state index contributed by atoms with van der Waals surface area (Å²) in [5.41, 5.74) is 9.52. The lowest BCUT2D eigenvalue weighted by Gasteiger charge is -2.46. The second-order valence-corrected chi connectivity index (χ2v) is 6.83. The molecule has 1 aliphatic rings. The number of hydrogen-bond acceptors (Lipinski definition) is 1. The Kier molecular flexibility index (Phi) is 4.35. The van der Waals surface area contributed by atoms with Crippen molar-refractivity contribution in [2.75, 3.05) is 0 Å². The smallest absolute Gasteiger partial charge is 0.0443 e. The molecule has 3 atom stereocenters. The molecule has 0 aromatic heterocycles. The summed E-state index contributed by atoms with van der Waals surface area (Å²) in [7, 11) is 0. The highest BCUT2D eigenvalue weighted by Crippen LogP contribution is 2.45. The third kappa shape index (κ3) is 2.86. The third-order valence-electron chi connectivity index (χ3n) is 5.02. The fourth-order valence-corrected chi connectivity index (χ4v) is 3.86. The van der Waals surface area contributed by atoms with E-state index in [4.69, 9.17) is 5.73 Å². The minimum Gasteiger partial charge on any atom is -0.321 e. The highest BCUT2D eigenvalue weighted by molar-refractivity contribution is 5.30. The van der Waals surface area contributed by atoms with Gasteiger partial charge in [-0.2, -0.15) is 0 Å². The molecule has 0 aliphatic heterocycles. The van der Waals surface area contributed by atoms with Gasteiger partial charge in [0.2, 0.25) is 0 Å². The van der Waals surface area contributed by atoms with Crippen LogP contribution in [-0.2, 0) is 12.0 Å². The number of hydrogen-bond donors (Lipinski definition) is 1. The Morgan fingerprint density at radius 2 is 1.84 bits per heavy atom. The SMILES string of the molecule is CCc1ccc(C2(N)CC(C)CCC2C(C)C)cc1. The molecule has 19 heavy (non-hydrogen) atoms. The van der Waals surface area contributed by atoms with Gasteiger partial charge in [0, 0.05) is 5.54 Å². The molecule has 1 aliphatic carbocycles. The average molecular weight is 259 g/mol. The first-order chi connectivity index (χ1) is 8.97. The van der Waals surface area contributed by atoms with Gasteiger partial charge in [-0.25, -0.2) is 0 Å². The van der Waals surface area contributed by atoms with Gasteiger partial charge in [0.05, 0.1) is 0 Å². The van der Waals surface area contributed by atoms with Crippen molar-refractivity contribution >= 4 is 0 Å². The van der Waals surface area contributed by atoms with Gasteiger partial charge >= 0.3 is 0 Å². The Hall–Kier alpha value is -0.820. The molecule has 0 bridgehead atoms. The van der Waals surface area contributed by atoms with Crippen molar-refractivity contribution in [3.63, 3.8) is 0 Å². The molecule has 1 aromatic carbocycles. The van der Waals surface area contributed by atoms with Crippen LogP contribution in [0.2, 0.25) is 0 Å². The van der Waals surface area contributed by atoms with Gasteiger partial charge in [0.15, 0.2) is 0 Å². The van der Waals surface area contributed by atoms with Crippen molar-refractivity contribution in [3.8, 4) is 0 Å². The Bertz CT molecular complexity index is 406. The van der Waals surface area contributed by atoms with Crippen LogP contribution in [0.25, 0.3) is 0 Å². The molecule has 0 saturated heterocycles. The van der Waals surface area contributed by atoms with Gasteiger partial charge in [-0.05, 0) is 48.1 Å². The summed E-state index contributed by atoms with van der Waals surface area (Å²) < 4.78 is 0. The maximum absolute atomic E-state index is 6.91. The van der Waals surface area contributed by atoms with Crippen molar-refractivity contribution in [2.45, 2.75) is 58.9 Å². The van der Waals surface area contributed by atoms with E-state index in [0.717, 1.165) is 18.8 Å². The minimum absolute atomic E-state index is 0.127. The maximum atomic E-state index is 6.91. The molecule has 0 heterocycles. The average Bonchev–Trinajstić information content (AvgIpc) is 2.38. The zero-order valence-electron chi connectivity index (χ0n) is 12.9. The standard InChI is InChI=1S/C18H29N/c1-5-15-7-9-16(10-8-15)18(19)12-14(4)6-11-17(18)13(2)3/h7-10,13-14,17H,5-6,11-12,19H2,1-4H3. The first-order valence-electron chi connectivity index (χ1n) is 7.85. The lowest BCUT2D eigenvalue weighted by molar-refractivity contribution is 0.108. The van der Waals surface area contributed by atoms with Gasteiger partial charge in [-0.1, -0.05) is 58.4 Å². The van der Waals surface area contributed by atoms with Crippen LogP contribution < -0.4 is 5.73 Å². The molecular weight excluding hydrogens is 230 g/mol. The van der Waals surface area contributed by atoms with Gasteiger partial charge in [-0.15, -0.1) is 0 Å². The predicted octanol–water partition coefficient (Wildman–Crippen LogP) is 4.50. The molecule has 1 saturated carbocycles. The lowest BCUT2D eigenvalue weighted by atomic mass is 9.63. The van der Waals surface area contributed by atoms with E-state index in [1.807, 2.05) is 0 Å². The molecule has 3 unspecified atom stereocenters. The summed E-state index contributed by atoms with van der Waals surface area (Å²) in [4.78, 5) is 0. The monoisotopic (exact) mass is 259 g/mol. The number of nitrogens with two attached hydrogens (primary N) is 1. The van der Waals surface area contributed by atoms with E-state index in [0.29, 0.717) is 11.8 Å². The fraction of sp³-hybridized carbons (Fsp3) is 0.667. The van der Waals surface area contributed by atoms with E-state index in [-0.39, 0.29) is 5.54 Å². The zero-order valence-corrected chi connectivity index (χ0v) is 12.9. The topological polar surface area (TPSA) is 26.0 Å². The molecule has 1 nitrogen and oxygen atoms in total. The number of benzene rings is 1. The molecule has 2 N–H and O–H groups in total.